The standard InChI is InChI=1S/C16H28O3S/c1-12-7-8-14-15(2,3)9-6-10-16(14,4)13(12)11-19-20(5,17)18/h7,13-14H,6,8-11H2,1-5H3/t13-,14-,16+/m0/s1. The molecule has 0 radical (unpaired) electrons. The zero-order chi connectivity index (χ0) is 15.2. The van der Waals surface area contributed by atoms with Crippen LogP contribution in [0.15, 0.2) is 11.6 Å². The van der Waals surface area contributed by atoms with E-state index in [1.54, 1.807) is 0 Å². The summed E-state index contributed by atoms with van der Waals surface area (Å²) in [5.41, 5.74) is 1.78. The van der Waals surface area contributed by atoms with Gasteiger partial charge in [-0.15, -0.1) is 0 Å². The molecule has 3 atom stereocenters. The molecule has 0 N–H and O–H groups in total. The molecule has 0 spiro atoms. The minimum Gasteiger partial charge on any atom is -0.270 e. The molecule has 0 aromatic heterocycles. The van der Waals surface area contributed by atoms with Gasteiger partial charge in [-0.25, -0.2) is 0 Å². The van der Waals surface area contributed by atoms with E-state index >= 15 is 0 Å². The maximum Gasteiger partial charge on any atom is 0.264 e. The van der Waals surface area contributed by atoms with Crippen molar-refractivity contribution in [3.8, 4) is 0 Å². The smallest absolute Gasteiger partial charge is 0.264 e. The van der Waals surface area contributed by atoms with Gasteiger partial charge in [0.1, 0.15) is 0 Å². The summed E-state index contributed by atoms with van der Waals surface area (Å²) >= 11 is 0. The van der Waals surface area contributed by atoms with Gasteiger partial charge in [-0.2, -0.15) is 8.42 Å². The summed E-state index contributed by atoms with van der Waals surface area (Å²) in [4.78, 5) is 0. The molecule has 3 nitrogen and oxygen atoms in total. The third-order valence-corrected chi connectivity index (χ3v) is 6.31. The van der Waals surface area contributed by atoms with Crippen molar-refractivity contribution >= 4 is 10.1 Å². The molecular weight excluding hydrogens is 272 g/mol. The van der Waals surface area contributed by atoms with Gasteiger partial charge in [0.15, 0.2) is 0 Å². The van der Waals surface area contributed by atoms with Crippen LogP contribution < -0.4 is 0 Å². The van der Waals surface area contributed by atoms with Crippen LogP contribution in [0.3, 0.4) is 0 Å². The van der Waals surface area contributed by atoms with Gasteiger partial charge in [-0.3, -0.25) is 4.18 Å². The second-order valence-electron chi connectivity index (χ2n) is 7.63. The van der Waals surface area contributed by atoms with Gasteiger partial charge in [-0.1, -0.05) is 38.8 Å². The van der Waals surface area contributed by atoms with Gasteiger partial charge in [0.25, 0.3) is 10.1 Å². The number of rotatable bonds is 3. The SMILES string of the molecule is CC1=CC[C@H]2C(C)(C)CCC[C@]2(C)[C@H]1COS(C)(=O)=O. The quantitative estimate of drug-likeness (QED) is 0.589. The highest BCUT2D eigenvalue weighted by atomic mass is 32.2. The molecule has 0 amide bonds. The molecule has 0 bridgehead atoms. The van der Waals surface area contributed by atoms with Crippen LogP contribution in [0.4, 0.5) is 0 Å². The summed E-state index contributed by atoms with van der Waals surface area (Å²) in [7, 11) is -3.37. The summed E-state index contributed by atoms with van der Waals surface area (Å²) in [6, 6.07) is 0. The van der Waals surface area contributed by atoms with Crippen molar-refractivity contribution in [2.75, 3.05) is 12.9 Å². The summed E-state index contributed by atoms with van der Waals surface area (Å²) in [6.45, 7) is 9.48. The highest BCUT2D eigenvalue weighted by Gasteiger charge is 2.51. The van der Waals surface area contributed by atoms with Crippen LogP contribution in [0.1, 0.15) is 53.4 Å². The Hall–Kier alpha value is -0.350. The molecule has 2 rings (SSSR count). The third kappa shape index (κ3) is 2.96. The minimum absolute atomic E-state index is 0.158. The second-order valence-corrected chi connectivity index (χ2v) is 9.27. The van der Waals surface area contributed by atoms with E-state index in [2.05, 4.69) is 33.8 Å². The lowest BCUT2D eigenvalue weighted by atomic mass is 9.49. The molecule has 0 saturated heterocycles. The van der Waals surface area contributed by atoms with Crippen molar-refractivity contribution < 1.29 is 12.6 Å². The molecule has 0 unspecified atom stereocenters. The van der Waals surface area contributed by atoms with Crippen molar-refractivity contribution in [3.63, 3.8) is 0 Å². The Bertz CT molecular complexity index is 504. The van der Waals surface area contributed by atoms with E-state index in [9.17, 15) is 8.42 Å². The monoisotopic (exact) mass is 300 g/mol. The average molecular weight is 300 g/mol. The Morgan fingerprint density at radius 3 is 2.55 bits per heavy atom. The first-order valence-corrected chi connectivity index (χ1v) is 9.39. The van der Waals surface area contributed by atoms with Gasteiger partial charge < -0.3 is 0 Å². The largest absolute Gasteiger partial charge is 0.270 e. The van der Waals surface area contributed by atoms with Crippen LogP contribution in [0.2, 0.25) is 0 Å². The fraction of sp³-hybridized carbons (Fsp3) is 0.875. The molecular formula is C16H28O3S. The lowest BCUT2D eigenvalue weighted by molar-refractivity contribution is -0.0474. The molecule has 2 aliphatic rings. The van der Waals surface area contributed by atoms with Gasteiger partial charge in [0.2, 0.25) is 0 Å². The van der Waals surface area contributed by atoms with Crippen molar-refractivity contribution in [2.45, 2.75) is 53.4 Å². The molecule has 4 heteroatoms. The van der Waals surface area contributed by atoms with Crippen LogP contribution >= 0.6 is 0 Å². The normalized spacial score (nSPS) is 37.1. The fourth-order valence-corrected chi connectivity index (χ4v) is 5.03. The van der Waals surface area contributed by atoms with E-state index in [0.29, 0.717) is 17.9 Å². The molecule has 1 fully saturated rings. The van der Waals surface area contributed by atoms with E-state index < -0.39 is 10.1 Å². The van der Waals surface area contributed by atoms with Gasteiger partial charge >= 0.3 is 0 Å². The van der Waals surface area contributed by atoms with E-state index in [1.807, 2.05) is 0 Å². The van der Waals surface area contributed by atoms with E-state index in [4.69, 9.17) is 4.18 Å². The Balaban J connectivity index is 2.29. The lowest BCUT2D eigenvalue weighted by Crippen LogP contribution is -2.49. The summed E-state index contributed by atoms with van der Waals surface area (Å²) in [5.74, 6) is 0.830. The van der Waals surface area contributed by atoms with Crippen molar-refractivity contribution in [1.29, 1.82) is 0 Å². The Morgan fingerprint density at radius 2 is 1.95 bits per heavy atom. The molecule has 2 aliphatic carbocycles. The van der Waals surface area contributed by atoms with Crippen LogP contribution in [-0.4, -0.2) is 21.3 Å². The summed E-state index contributed by atoms with van der Waals surface area (Å²) in [6.07, 6.45) is 8.21. The molecule has 0 aromatic rings. The number of allylic oxidation sites excluding steroid dienone is 1. The van der Waals surface area contributed by atoms with Crippen LogP contribution in [0.5, 0.6) is 0 Å². The lowest BCUT2D eigenvalue weighted by Gasteiger charge is -2.56. The number of hydrogen-bond acceptors (Lipinski definition) is 3. The van der Waals surface area contributed by atoms with Gasteiger partial charge in [0, 0.05) is 5.92 Å². The Morgan fingerprint density at radius 1 is 1.30 bits per heavy atom. The Kier molecular flexibility index (Phi) is 4.11. The zero-order valence-corrected chi connectivity index (χ0v) is 14.2. The number of hydrogen-bond donors (Lipinski definition) is 0. The Labute approximate surface area is 123 Å². The predicted molar refractivity (Wildman–Crippen MR) is 81.9 cm³/mol. The molecule has 0 aromatic carbocycles. The van der Waals surface area contributed by atoms with Crippen LogP contribution in [0, 0.1) is 22.7 Å². The maximum atomic E-state index is 11.3. The van der Waals surface area contributed by atoms with E-state index in [-0.39, 0.29) is 11.3 Å². The van der Waals surface area contributed by atoms with Crippen LogP contribution in [-0.2, 0) is 14.3 Å². The first-order valence-electron chi connectivity index (χ1n) is 7.57. The average Bonchev–Trinajstić information content (AvgIpc) is 2.24. The topological polar surface area (TPSA) is 43.4 Å². The molecule has 1 saturated carbocycles. The number of fused-ring (bicyclic) bond motifs is 1. The molecule has 20 heavy (non-hydrogen) atoms. The maximum absolute atomic E-state index is 11.3. The van der Waals surface area contributed by atoms with Gasteiger partial charge in [-0.05, 0) is 42.9 Å². The second kappa shape index (κ2) is 5.13. The predicted octanol–water partition coefficient (Wildman–Crippen LogP) is 3.76. The van der Waals surface area contributed by atoms with Gasteiger partial charge in [0.05, 0.1) is 12.9 Å². The highest BCUT2D eigenvalue weighted by Crippen LogP contribution is 2.59. The van der Waals surface area contributed by atoms with Crippen molar-refractivity contribution in [1.82, 2.24) is 0 Å². The van der Waals surface area contributed by atoms with E-state index in [1.165, 1.54) is 24.8 Å². The highest BCUT2D eigenvalue weighted by molar-refractivity contribution is 7.85. The first kappa shape index (κ1) is 16.0. The fourth-order valence-electron chi connectivity index (χ4n) is 4.65. The molecule has 0 aliphatic heterocycles. The minimum atomic E-state index is -3.37. The summed E-state index contributed by atoms with van der Waals surface area (Å²) < 4.78 is 27.8. The summed E-state index contributed by atoms with van der Waals surface area (Å²) in [5, 5.41) is 0. The zero-order valence-electron chi connectivity index (χ0n) is 13.4. The molecule has 116 valence electrons. The van der Waals surface area contributed by atoms with Crippen molar-refractivity contribution in [3.05, 3.63) is 11.6 Å². The first-order chi connectivity index (χ1) is 9.06. The van der Waals surface area contributed by atoms with Crippen molar-refractivity contribution in [2.24, 2.45) is 22.7 Å². The van der Waals surface area contributed by atoms with E-state index in [0.717, 1.165) is 12.7 Å². The third-order valence-electron chi connectivity index (χ3n) is 5.75. The molecule has 0 heterocycles. The van der Waals surface area contributed by atoms with Crippen LogP contribution in [0.25, 0.3) is 0 Å².